The highest BCUT2D eigenvalue weighted by Gasteiger charge is 2.17. The Balaban J connectivity index is 2.12. The van der Waals surface area contributed by atoms with Crippen LogP contribution in [-0.4, -0.2) is 18.6 Å². The number of hydrogen-bond donors (Lipinski definition) is 1. The van der Waals surface area contributed by atoms with Crippen LogP contribution in [0.5, 0.6) is 5.75 Å². The van der Waals surface area contributed by atoms with Gasteiger partial charge >= 0.3 is 0 Å². The molecule has 17 heavy (non-hydrogen) atoms. The second kappa shape index (κ2) is 4.09. The Labute approximate surface area is 100 Å². The summed E-state index contributed by atoms with van der Waals surface area (Å²) >= 11 is 0. The third-order valence-corrected chi connectivity index (χ3v) is 3.00. The standard InChI is InChI=1S/C14H14N2O/c1-15-13-7-3-6-12(16-13)11-5-2-4-10-8-9-17-14(10)11/h2-7H,8-9H2,1H3,(H,15,16). The van der Waals surface area contributed by atoms with Gasteiger partial charge in [-0.25, -0.2) is 4.98 Å². The summed E-state index contributed by atoms with van der Waals surface area (Å²) < 4.78 is 5.70. The van der Waals surface area contributed by atoms with E-state index >= 15 is 0 Å². The minimum absolute atomic E-state index is 0.776. The first-order valence-electron chi connectivity index (χ1n) is 5.78. The first-order valence-corrected chi connectivity index (χ1v) is 5.78. The summed E-state index contributed by atoms with van der Waals surface area (Å²) in [6.45, 7) is 0.776. The Bertz CT molecular complexity index is 552. The normalized spacial score (nSPS) is 13.0. The van der Waals surface area contributed by atoms with E-state index in [0.717, 1.165) is 35.9 Å². The first kappa shape index (κ1) is 10.1. The summed E-state index contributed by atoms with van der Waals surface area (Å²) in [4.78, 5) is 4.55. The van der Waals surface area contributed by atoms with Gasteiger partial charge in [0.05, 0.1) is 12.3 Å². The minimum atomic E-state index is 0.776. The van der Waals surface area contributed by atoms with Gasteiger partial charge in [0.1, 0.15) is 11.6 Å². The highest BCUT2D eigenvalue weighted by molar-refractivity contribution is 5.71. The van der Waals surface area contributed by atoms with Gasteiger partial charge in [0.25, 0.3) is 0 Å². The molecule has 2 heterocycles. The molecule has 0 spiro atoms. The predicted molar refractivity (Wildman–Crippen MR) is 68.4 cm³/mol. The summed E-state index contributed by atoms with van der Waals surface area (Å²) in [7, 11) is 1.87. The quantitative estimate of drug-likeness (QED) is 0.855. The maximum absolute atomic E-state index is 5.70. The summed E-state index contributed by atoms with van der Waals surface area (Å²) in [5.41, 5.74) is 3.31. The van der Waals surface area contributed by atoms with Crippen molar-refractivity contribution in [3.8, 4) is 17.0 Å². The van der Waals surface area contributed by atoms with E-state index in [0.29, 0.717) is 0 Å². The van der Waals surface area contributed by atoms with E-state index in [4.69, 9.17) is 4.74 Å². The van der Waals surface area contributed by atoms with Crippen LogP contribution in [0.25, 0.3) is 11.3 Å². The lowest BCUT2D eigenvalue weighted by atomic mass is 10.1. The van der Waals surface area contributed by atoms with Crippen molar-refractivity contribution in [3.05, 3.63) is 42.0 Å². The number of benzene rings is 1. The fraction of sp³-hybridized carbons (Fsp3) is 0.214. The lowest BCUT2D eigenvalue weighted by molar-refractivity contribution is 0.358. The number of rotatable bonds is 2. The van der Waals surface area contributed by atoms with Crippen LogP contribution in [0, 0.1) is 0 Å². The van der Waals surface area contributed by atoms with Crippen molar-refractivity contribution in [1.29, 1.82) is 0 Å². The van der Waals surface area contributed by atoms with Crippen molar-refractivity contribution in [2.45, 2.75) is 6.42 Å². The number of aromatic nitrogens is 1. The van der Waals surface area contributed by atoms with E-state index in [2.05, 4.69) is 28.5 Å². The Kier molecular flexibility index (Phi) is 2.44. The molecular weight excluding hydrogens is 212 g/mol. The average molecular weight is 226 g/mol. The van der Waals surface area contributed by atoms with Gasteiger partial charge in [-0.1, -0.05) is 18.2 Å². The van der Waals surface area contributed by atoms with Gasteiger partial charge in [0.2, 0.25) is 0 Å². The van der Waals surface area contributed by atoms with Crippen molar-refractivity contribution >= 4 is 5.82 Å². The summed E-state index contributed by atoms with van der Waals surface area (Å²) in [6, 6.07) is 12.2. The summed E-state index contributed by atoms with van der Waals surface area (Å²) in [5, 5.41) is 3.05. The smallest absolute Gasteiger partial charge is 0.132 e. The molecule has 0 atom stereocenters. The maximum Gasteiger partial charge on any atom is 0.132 e. The minimum Gasteiger partial charge on any atom is -0.492 e. The zero-order chi connectivity index (χ0) is 11.7. The molecule has 0 saturated heterocycles. The molecule has 3 nitrogen and oxygen atoms in total. The molecule has 3 heteroatoms. The Morgan fingerprint density at radius 2 is 2.06 bits per heavy atom. The van der Waals surface area contributed by atoms with E-state index in [-0.39, 0.29) is 0 Å². The lowest BCUT2D eigenvalue weighted by Crippen LogP contribution is -1.94. The number of para-hydroxylation sites is 1. The topological polar surface area (TPSA) is 34.1 Å². The van der Waals surface area contributed by atoms with Gasteiger partial charge in [-0.3, -0.25) is 0 Å². The van der Waals surface area contributed by atoms with Crippen LogP contribution in [0.3, 0.4) is 0 Å². The van der Waals surface area contributed by atoms with E-state index in [1.165, 1.54) is 5.56 Å². The van der Waals surface area contributed by atoms with E-state index < -0.39 is 0 Å². The number of fused-ring (bicyclic) bond motifs is 1. The van der Waals surface area contributed by atoms with Gasteiger partial charge < -0.3 is 10.1 Å². The zero-order valence-electron chi connectivity index (χ0n) is 9.73. The van der Waals surface area contributed by atoms with Crippen molar-refractivity contribution in [2.75, 3.05) is 19.0 Å². The number of pyridine rings is 1. The van der Waals surface area contributed by atoms with Crippen LogP contribution in [0.1, 0.15) is 5.56 Å². The van der Waals surface area contributed by atoms with Crippen LogP contribution < -0.4 is 10.1 Å². The van der Waals surface area contributed by atoms with E-state index in [1.54, 1.807) is 0 Å². The second-order valence-electron chi connectivity index (χ2n) is 4.05. The molecule has 0 unspecified atom stereocenters. The molecule has 1 aliphatic rings. The molecule has 0 aliphatic carbocycles. The van der Waals surface area contributed by atoms with E-state index in [1.807, 2.05) is 25.2 Å². The van der Waals surface area contributed by atoms with Gasteiger partial charge in [0.15, 0.2) is 0 Å². The molecule has 1 aliphatic heterocycles. The number of anilines is 1. The summed E-state index contributed by atoms with van der Waals surface area (Å²) in [6.07, 6.45) is 0.995. The number of nitrogens with zero attached hydrogens (tertiary/aromatic N) is 1. The van der Waals surface area contributed by atoms with Crippen molar-refractivity contribution in [3.63, 3.8) is 0 Å². The fourth-order valence-corrected chi connectivity index (χ4v) is 2.14. The van der Waals surface area contributed by atoms with Crippen LogP contribution in [0.4, 0.5) is 5.82 Å². The summed E-state index contributed by atoms with van der Waals surface area (Å²) in [5.74, 6) is 1.87. The first-order chi connectivity index (χ1) is 8.38. The molecule has 1 aromatic carbocycles. The average Bonchev–Trinajstić information content (AvgIpc) is 2.87. The van der Waals surface area contributed by atoms with Gasteiger partial charge in [-0.15, -0.1) is 0 Å². The zero-order valence-corrected chi connectivity index (χ0v) is 9.73. The van der Waals surface area contributed by atoms with Crippen LogP contribution >= 0.6 is 0 Å². The monoisotopic (exact) mass is 226 g/mol. The predicted octanol–water partition coefficient (Wildman–Crippen LogP) is 2.73. The fourth-order valence-electron chi connectivity index (χ4n) is 2.14. The Morgan fingerprint density at radius 3 is 2.94 bits per heavy atom. The molecule has 2 aromatic rings. The largest absolute Gasteiger partial charge is 0.492 e. The van der Waals surface area contributed by atoms with E-state index in [9.17, 15) is 0 Å². The molecule has 0 amide bonds. The molecule has 3 rings (SSSR count). The highest BCUT2D eigenvalue weighted by Crippen LogP contribution is 2.35. The number of hydrogen-bond acceptors (Lipinski definition) is 3. The molecule has 1 N–H and O–H groups in total. The van der Waals surface area contributed by atoms with Crippen molar-refractivity contribution < 1.29 is 4.74 Å². The molecular formula is C14H14N2O. The number of nitrogens with one attached hydrogen (secondary N) is 1. The van der Waals surface area contributed by atoms with Gasteiger partial charge in [0, 0.05) is 19.0 Å². The Hall–Kier alpha value is -2.03. The molecule has 0 fully saturated rings. The van der Waals surface area contributed by atoms with Crippen LogP contribution in [0.15, 0.2) is 36.4 Å². The molecule has 0 bridgehead atoms. The van der Waals surface area contributed by atoms with Crippen LogP contribution in [-0.2, 0) is 6.42 Å². The third-order valence-electron chi connectivity index (χ3n) is 3.00. The Morgan fingerprint density at radius 1 is 1.18 bits per heavy atom. The van der Waals surface area contributed by atoms with Gasteiger partial charge in [-0.05, 0) is 23.8 Å². The molecule has 0 saturated carbocycles. The van der Waals surface area contributed by atoms with Gasteiger partial charge in [-0.2, -0.15) is 0 Å². The van der Waals surface area contributed by atoms with Crippen molar-refractivity contribution in [2.24, 2.45) is 0 Å². The molecule has 1 aromatic heterocycles. The van der Waals surface area contributed by atoms with Crippen molar-refractivity contribution in [1.82, 2.24) is 4.98 Å². The third kappa shape index (κ3) is 1.73. The lowest BCUT2D eigenvalue weighted by Gasteiger charge is -2.08. The number of ether oxygens (including phenoxy) is 1. The second-order valence-corrected chi connectivity index (χ2v) is 4.05. The highest BCUT2D eigenvalue weighted by atomic mass is 16.5. The molecule has 86 valence electrons. The van der Waals surface area contributed by atoms with Crippen LogP contribution in [0.2, 0.25) is 0 Å². The maximum atomic E-state index is 5.70. The SMILES string of the molecule is CNc1cccc(-c2cccc3c2OCC3)n1. The molecule has 0 radical (unpaired) electrons.